The summed E-state index contributed by atoms with van der Waals surface area (Å²) in [6.07, 6.45) is 0. The van der Waals surface area contributed by atoms with Crippen LogP contribution in [0.15, 0.2) is 76.7 Å². The van der Waals surface area contributed by atoms with Crippen LogP contribution >= 0.6 is 11.8 Å². The topological polar surface area (TPSA) is 44.1 Å². The minimum atomic E-state index is -0.0929. The molecule has 0 aliphatic carbocycles. The Morgan fingerprint density at radius 2 is 1.71 bits per heavy atom. The van der Waals surface area contributed by atoms with Crippen molar-refractivity contribution in [3.05, 3.63) is 82.6 Å². The Morgan fingerprint density at radius 3 is 2.54 bits per heavy atom. The number of rotatable bonds is 6. The Morgan fingerprint density at radius 1 is 1.00 bits per heavy atom. The minimum absolute atomic E-state index is 0.0180. The van der Waals surface area contributed by atoms with E-state index in [2.05, 4.69) is 36.4 Å². The smallest absolute Gasteiger partial charge is 0.262 e. The predicted molar refractivity (Wildman–Crippen MR) is 116 cm³/mol. The summed E-state index contributed by atoms with van der Waals surface area (Å²) in [4.78, 5) is 17.9. The molecule has 28 heavy (non-hydrogen) atoms. The van der Waals surface area contributed by atoms with Gasteiger partial charge in [-0.05, 0) is 35.4 Å². The van der Waals surface area contributed by atoms with Crippen molar-refractivity contribution in [2.45, 2.75) is 23.9 Å². The van der Waals surface area contributed by atoms with Crippen LogP contribution in [-0.2, 0) is 10.5 Å². The van der Waals surface area contributed by atoms with Gasteiger partial charge in [-0.3, -0.25) is 9.36 Å². The molecule has 4 rings (SSSR count). The molecule has 4 nitrogen and oxygen atoms in total. The third kappa shape index (κ3) is 3.55. The van der Waals surface area contributed by atoms with Crippen molar-refractivity contribution in [3.63, 3.8) is 0 Å². The van der Waals surface area contributed by atoms with E-state index in [0.717, 1.165) is 16.4 Å². The normalized spacial score (nSPS) is 12.5. The van der Waals surface area contributed by atoms with Gasteiger partial charge in [0.2, 0.25) is 0 Å². The maximum absolute atomic E-state index is 13.1. The number of methoxy groups -OCH3 is 1. The lowest BCUT2D eigenvalue weighted by Gasteiger charge is -2.19. The quantitative estimate of drug-likeness (QED) is 0.341. The molecule has 0 saturated heterocycles. The van der Waals surface area contributed by atoms with E-state index in [9.17, 15) is 4.79 Å². The SMILES string of the molecule is COC[C@H](C)n1c(SCc2cccc3ccccc23)nc2ccccc2c1=O. The molecular formula is C23H22N2O2S. The van der Waals surface area contributed by atoms with E-state index in [1.54, 1.807) is 23.4 Å². The number of nitrogens with zero attached hydrogens (tertiary/aromatic N) is 2. The second-order valence-corrected chi connectivity index (χ2v) is 7.76. The molecule has 0 radical (unpaired) electrons. The first-order valence-corrected chi connectivity index (χ1v) is 10.3. The molecule has 0 unspecified atom stereocenters. The maximum Gasteiger partial charge on any atom is 0.262 e. The van der Waals surface area contributed by atoms with Crippen molar-refractivity contribution < 1.29 is 4.74 Å². The van der Waals surface area contributed by atoms with Crippen molar-refractivity contribution in [3.8, 4) is 0 Å². The van der Waals surface area contributed by atoms with Crippen LogP contribution in [-0.4, -0.2) is 23.3 Å². The van der Waals surface area contributed by atoms with Crippen molar-refractivity contribution >= 4 is 33.4 Å². The van der Waals surface area contributed by atoms with Crippen LogP contribution in [0.5, 0.6) is 0 Å². The average molecular weight is 391 g/mol. The standard InChI is InChI=1S/C23H22N2O2S/c1-16(14-27-2)25-22(26)20-12-5-6-13-21(20)24-23(25)28-15-18-10-7-9-17-8-3-4-11-19(17)18/h3-13,16H,14-15H2,1-2H3/t16-/m0/s1. The van der Waals surface area contributed by atoms with Gasteiger partial charge in [-0.15, -0.1) is 0 Å². The van der Waals surface area contributed by atoms with Crippen LogP contribution in [0.2, 0.25) is 0 Å². The van der Waals surface area contributed by atoms with Gasteiger partial charge in [0, 0.05) is 12.9 Å². The number of hydrogen-bond donors (Lipinski definition) is 0. The van der Waals surface area contributed by atoms with Gasteiger partial charge in [0.25, 0.3) is 5.56 Å². The Bertz CT molecular complexity index is 1180. The second kappa shape index (κ2) is 8.17. The molecule has 0 spiro atoms. The molecule has 1 aromatic heterocycles. The molecule has 0 fully saturated rings. The van der Waals surface area contributed by atoms with E-state index < -0.39 is 0 Å². The fraction of sp³-hybridized carbons (Fsp3) is 0.217. The number of aromatic nitrogens is 2. The maximum atomic E-state index is 13.1. The first-order valence-electron chi connectivity index (χ1n) is 9.28. The van der Waals surface area contributed by atoms with Gasteiger partial charge in [-0.25, -0.2) is 4.98 Å². The largest absolute Gasteiger partial charge is 0.383 e. The molecule has 3 aromatic carbocycles. The summed E-state index contributed by atoms with van der Waals surface area (Å²) in [5, 5.41) is 3.82. The van der Waals surface area contributed by atoms with Gasteiger partial charge in [0.15, 0.2) is 5.16 Å². The van der Waals surface area contributed by atoms with Crippen molar-refractivity contribution in [2.75, 3.05) is 13.7 Å². The van der Waals surface area contributed by atoms with E-state index in [-0.39, 0.29) is 11.6 Å². The lowest BCUT2D eigenvalue weighted by atomic mass is 10.1. The van der Waals surface area contributed by atoms with Crippen molar-refractivity contribution in [2.24, 2.45) is 0 Å². The van der Waals surface area contributed by atoms with Gasteiger partial charge in [0.1, 0.15) is 0 Å². The zero-order chi connectivity index (χ0) is 19.5. The summed E-state index contributed by atoms with van der Waals surface area (Å²) in [7, 11) is 1.65. The van der Waals surface area contributed by atoms with Gasteiger partial charge in [-0.2, -0.15) is 0 Å². The first kappa shape index (κ1) is 18.7. The van der Waals surface area contributed by atoms with Crippen LogP contribution < -0.4 is 5.56 Å². The van der Waals surface area contributed by atoms with Gasteiger partial charge < -0.3 is 4.74 Å². The molecule has 0 N–H and O–H groups in total. The second-order valence-electron chi connectivity index (χ2n) is 6.82. The summed E-state index contributed by atoms with van der Waals surface area (Å²) in [5.41, 5.74) is 1.95. The fourth-order valence-electron chi connectivity index (χ4n) is 3.49. The molecule has 1 heterocycles. The number of ether oxygens (including phenoxy) is 1. The van der Waals surface area contributed by atoms with Crippen LogP contribution in [0.1, 0.15) is 18.5 Å². The van der Waals surface area contributed by atoms with Crippen LogP contribution in [0.4, 0.5) is 0 Å². The zero-order valence-corrected chi connectivity index (χ0v) is 16.8. The Hall–Kier alpha value is -2.63. The highest BCUT2D eigenvalue weighted by Crippen LogP contribution is 2.28. The number of hydrogen-bond acceptors (Lipinski definition) is 4. The molecule has 0 bridgehead atoms. The van der Waals surface area contributed by atoms with Gasteiger partial charge in [0.05, 0.1) is 23.6 Å². The predicted octanol–water partition coefficient (Wildman–Crippen LogP) is 5.05. The Kier molecular flexibility index (Phi) is 5.46. The van der Waals surface area contributed by atoms with E-state index in [4.69, 9.17) is 9.72 Å². The molecule has 0 aliphatic rings. The van der Waals surface area contributed by atoms with Gasteiger partial charge in [-0.1, -0.05) is 66.4 Å². The Labute approximate surface area is 168 Å². The summed E-state index contributed by atoms with van der Waals surface area (Å²) in [6.45, 7) is 2.45. The fourth-order valence-corrected chi connectivity index (χ4v) is 4.59. The Balaban J connectivity index is 1.76. The lowest BCUT2D eigenvalue weighted by molar-refractivity contribution is 0.156. The molecule has 0 amide bonds. The van der Waals surface area contributed by atoms with E-state index >= 15 is 0 Å². The highest BCUT2D eigenvalue weighted by molar-refractivity contribution is 7.98. The highest BCUT2D eigenvalue weighted by Gasteiger charge is 2.17. The van der Waals surface area contributed by atoms with Crippen LogP contribution in [0.25, 0.3) is 21.7 Å². The number of benzene rings is 3. The van der Waals surface area contributed by atoms with Crippen LogP contribution in [0, 0.1) is 0 Å². The number of fused-ring (bicyclic) bond motifs is 2. The average Bonchev–Trinajstić information content (AvgIpc) is 2.72. The number of thioether (sulfide) groups is 1. The minimum Gasteiger partial charge on any atom is -0.383 e. The van der Waals surface area contributed by atoms with Crippen molar-refractivity contribution in [1.82, 2.24) is 9.55 Å². The monoisotopic (exact) mass is 390 g/mol. The first-order chi connectivity index (χ1) is 13.7. The van der Waals surface area contributed by atoms with Crippen molar-refractivity contribution in [1.29, 1.82) is 0 Å². The third-order valence-corrected chi connectivity index (χ3v) is 5.86. The molecule has 0 aliphatic heterocycles. The number of para-hydroxylation sites is 1. The van der Waals surface area contributed by atoms with Crippen LogP contribution in [0.3, 0.4) is 0 Å². The molecule has 1 atom stereocenters. The summed E-state index contributed by atoms with van der Waals surface area (Å²) in [6, 6.07) is 22.1. The molecule has 4 aromatic rings. The molecular weight excluding hydrogens is 368 g/mol. The summed E-state index contributed by atoms with van der Waals surface area (Å²) >= 11 is 1.59. The van der Waals surface area contributed by atoms with E-state index in [0.29, 0.717) is 12.0 Å². The lowest BCUT2D eigenvalue weighted by Crippen LogP contribution is -2.28. The third-order valence-electron chi connectivity index (χ3n) is 4.86. The zero-order valence-electron chi connectivity index (χ0n) is 16.0. The van der Waals surface area contributed by atoms with Gasteiger partial charge >= 0.3 is 0 Å². The highest BCUT2D eigenvalue weighted by atomic mass is 32.2. The molecule has 5 heteroatoms. The van der Waals surface area contributed by atoms with E-state index in [1.807, 2.05) is 37.3 Å². The summed E-state index contributed by atoms with van der Waals surface area (Å²) in [5.74, 6) is 0.742. The van der Waals surface area contributed by atoms with E-state index in [1.165, 1.54) is 16.3 Å². The summed E-state index contributed by atoms with van der Waals surface area (Å²) < 4.78 is 7.07. The molecule has 142 valence electrons. The molecule has 0 saturated carbocycles.